The summed E-state index contributed by atoms with van der Waals surface area (Å²) in [6.45, 7) is 0. The predicted octanol–water partition coefficient (Wildman–Crippen LogP) is 20.0. The van der Waals surface area contributed by atoms with Gasteiger partial charge in [0.25, 0.3) is 0 Å². The van der Waals surface area contributed by atoms with Crippen LogP contribution in [0.2, 0.25) is 0 Å². The molecule has 14 aromatic rings. The van der Waals surface area contributed by atoms with Crippen LogP contribution in [-0.4, -0.2) is 4.57 Å². The van der Waals surface area contributed by atoms with Gasteiger partial charge in [0.1, 0.15) is 0 Å². The van der Waals surface area contributed by atoms with Crippen molar-refractivity contribution in [3.05, 3.63) is 291 Å². The summed E-state index contributed by atoms with van der Waals surface area (Å²) >= 11 is 0. The number of hydrogen-bond acceptors (Lipinski definition) is 1. The van der Waals surface area contributed by atoms with E-state index in [1.807, 2.05) is 0 Å². The molecule has 0 saturated carbocycles. The number of nitrogens with zero attached hydrogens (tertiary/aromatic N) is 2. The Kier molecular flexibility index (Phi) is 10.6. The molecular formula is C72H48N2. The van der Waals surface area contributed by atoms with Crippen molar-refractivity contribution in [2.45, 2.75) is 0 Å². The van der Waals surface area contributed by atoms with E-state index < -0.39 is 0 Å². The fourth-order valence-corrected chi connectivity index (χ4v) is 11.4. The highest BCUT2D eigenvalue weighted by Gasteiger charge is 2.20. The largest absolute Gasteiger partial charge is 0.310 e. The van der Waals surface area contributed by atoms with Crippen LogP contribution < -0.4 is 4.90 Å². The predicted molar refractivity (Wildman–Crippen MR) is 315 cm³/mol. The summed E-state index contributed by atoms with van der Waals surface area (Å²) in [7, 11) is 0. The van der Waals surface area contributed by atoms with Gasteiger partial charge in [-0.25, -0.2) is 0 Å². The van der Waals surface area contributed by atoms with Gasteiger partial charge >= 0.3 is 0 Å². The number of benzene rings is 13. The van der Waals surface area contributed by atoms with Crippen molar-refractivity contribution >= 4 is 71.2 Å². The normalized spacial score (nSPS) is 11.5. The minimum absolute atomic E-state index is 1.08. The molecule has 74 heavy (non-hydrogen) atoms. The molecule has 14 rings (SSSR count). The van der Waals surface area contributed by atoms with Crippen LogP contribution in [0.25, 0.3) is 115 Å². The third-order valence-electron chi connectivity index (χ3n) is 15.0. The Balaban J connectivity index is 0.865. The fraction of sp³-hybridized carbons (Fsp3) is 0. The highest BCUT2D eigenvalue weighted by molar-refractivity contribution is 6.16. The van der Waals surface area contributed by atoms with Crippen molar-refractivity contribution in [2.75, 3.05) is 4.90 Å². The Morgan fingerprint density at radius 3 is 1.50 bits per heavy atom. The lowest BCUT2D eigenvalue weighted by Crippen LogP contribution is -2.11. The Morgan fingerprint density at radius 2 is 0.730 bits per heavy atom. The lowest BCUT2D eigenvalue weighted by atomic mass is 9.94. The molecule has 2 nitrogen and oxygen atoms in total. The molecule has 0 unspecified atom stereocenters. The minimum Gasteiger partial charge on any atom is -0.310 e. The summed E-state index contributed by atoms with van der Waals surface area (Å²) in [5.74, 6) is 0. The van der Waals surface area contributed by atoms with Gasteiger partial charge in [-0.15, -0.1) is 0 Å². The molecule has 346 valence electrons. The molecule has 0 atom stereocenters. The first-order chi connectivity index (χ1) is 36.7. The van der Waals surface area contributed by atoms with Crippen molar-refractivity contribution in [1.82, 2.24) is 4.57 Å². The van der Waals surface area contributed by atoms with Gasteiger partial charge < -0.3 is 9.47 Å². The van der Waals surface area contributed by atoms with Crippen molar-refractivity contribution in [1.29, 1.82) is 0 Å². The van der Waals surface area contributed by atoms with Gasteiger partial charge in [0.15, 0.2) is 0 Å². The lowest BCUT2D eigenvalue weighted by Gasteiger charge is -2.28. The van der Waals surface area contributed by atoms with Gasteiger partial charge in [-0.05, 0) is 149 Å². The molecule has 1 aromatic heterocycles. The quantitative estimate of drug-likeness (QED) is 0.131. The number of fused-ring (bicyclic) bond motifs is 7. The summed E-state index contributed by atoms with van der Waals surface area (Å²) in [5, 5.41) is 10.1. The zero-order valence-electron chi connectivity index (χ0n) is 40.6. The van der Waals surface area contributed by atoms with E-state index >= 15 is 0 Å². The highest BCUT2D eigenvalue weighted by atomic mass is 15.1. The average Bonchev–Trinajstić information content (AvgIpc) is 3.83. The van der Waals surface area contributed by atoms with E-state index in [0.29, 0.717) is 0 Å². The van der Waals surface area contributed by atoms with Gasteiger partial charge in [0.05, 0.1) is 16.7 Å². The SMILES string of the molecule is c1ccc(-n2c3ccccc3c3c(-c4cccc(-c5ccccc5N(c5ccc(-c6ccc(-c7cccc8ccccc78)cc6)cc5)c5ccc(-c6ccc7c(ccc8ccccc87)c6)cc5)c4)cccc32)cc1. The summed E-state index contributed by atoms with van der Waals surface area (Å²) in [5.41, 5.74) is 18.7. The number of aromatic nitrogens is 1. The summed E-state index contributed by atoms with van der Waals surface area (Å²) in [6, 6.07) is 106. The van der Waals surface area contributed by atoms with Crippen molar-refractivity contribution < 1.29 is 0 Å². The first-order valence-electron chi connectivity index (χ1n) is 25.5. The maximum atomic E-state index is 2.42. The Labute approximate surface area is 430 Å². The van der Waals surface area contributed by atoms with E-state index in [0.717, 1.165) is 33.9 Å². The number of anilines is 3. The molecule has 0 amide bonds. The molecule has 0 aliphatic rings. The third-order valence-corrected chi connectivity index (χ3v) is 15.0. The molecule has 0 aliphatic heterocycles. The lowest BCUT2D eigenvalue weighted by molar-refractivity contribution is 1.18. The van der Waals surface area contributed by atoms with Gasteiger partial charge in [-0.3, -0.25) is 0 Å². The van der Waals surface area contributed by atoms with Gasteiger partial charge in [0.2, 0.25) is 0 Å². The number of para-hydroxylation sites is 3. The number of hydrogen-bond donors (Lipinski definition) is 0. The molecule has 13 aromatic carbocycles. The standard InChI is InChI=1S/C72H48N2/c1-2-20-59(21-3-1)74-70-29-11-9-25-68(70)72-67(27-14-30-71(72)74)57-19-12-18-56(48-57)66-24-8-10-28-69(66)73(61-44-39-51(40-45-61)55-41-46-65-58(47-55)36-35-53-16-5-7-23-63(53)65)60-42-37-50(38-43-60)49-31-33-54(34-32-49)64-26-13-17-52-15-4-6-22-62(52)64/h1-48H. The van der Waals surface area contributed by atoms with E-state index in [1.165, 1.54) is 98.6 Å². The van der Waals surface area contributed by atoms with Crippen molar-refractivity contribution in [3.8, 4) is 61.3 Å². The molecule has 0 fully saturated rings. The first kappa shape index (κ1) is 43.1. The second kappa shape index (κ2) is 18.1. The molecule has 0 aliphatic carbocycles. The van der Waals surface area contributed by atoms with Crippen LogP contribution in [0.1, 0.15) is 0 Å². The smallest absolute Gasteiger partial charge is 0.0547 e. The van der Waals surface area contributed by atoms with Crippen LogP contribution in [-0.2, 0) is 0 Å². The second-order valence-corrected chi connectivity index (χ2v) is 19.2. The zero-order valence-corrected chi connectivity index (χ0v) is 40.6. The van der Waals surface area contributed by atoms with E-state index in [1.54, 1.807) is 0 Å². The van der Waals surface area contributed by atoms with E-state index in [2.05, 4.69) is 301 Å². The van der Waals surface area contributed by atoms with Crippen LogP contribution in [0.5, 0.6) is 0 Å². The molecule has 0 radical (unpaired) electrons. The minimum atomic E-state index is 1.08. The number of rotatable bonds is 9. The van der Waals surface area contributed by atoms with Gasteiger partial charge in [0, 0.05) is 33.4 Å². The Morgan fingerprint density at radius 1 is 0.243 bits per heavy atom. The van der Waals surface area contributed by atoms with Crippen LogP contribution in [0.4, 0.5) is 17.1 Å². The van der Waals surface area contributed by atoms with Crippen LogP contribution in [0.15, 0.2) is 291 Å². The maximum Gasteiger partial charge on any atom is 0.0547 e. The van der Waals surface area contributed by atoms with Crippen LogP contribution >= 0.6 is 0 Å². The monoisotopic (exact) mass is 940 g/mol. The van der Waals surface area contributed by atoms with E-state index in [4.69, 9.17) is 0 Å². The summed E-state index contributed by atoms with van der Waals surface area (Å²) in [4.78, 5) is 2.42. The summed E-state index contributed by atoms with van der Waals surface area (Å²) in [6.07, 6.45) is 0. The van der Waals surface area contributed by atoms with E-state index in [-0.39, 0.29) is 0 Å². The van der Waals surface area contributed by atoms with Crippen molar-refractivity contribution in [3.63, 3.8) is 0 Å². The average molecular weight is 941 g/mol. The van der Waals surface area contributed by atoms with Gasteiger partial charge in [-0.1, -0.05) is 224 Å². The highest BCUT2D eigenvalue weighted by Crippen LogP contribution is 2.45. The molecule has 0 spiro atoms. The molecular weight excluding hydrogens is 893 g/mol. The zero-order chi connectivity index (χ0) is 49.0. The fourth-order valence-electron chi connectivity index (χ4n) is 11.4. The van der Waals surface area contributed by atoms with Crippen molar-refractivity contribution in [2.24, 2.45) is 0 Å². The van der Waals surface area contributed by atoms with Gasteiger partial charge in [-0.2, -0.15) is 0 Å². The van der Waals surface area contributed by atoms with Crippen LogP contribution in [0.3, 0.4) is 0 Å². The molecule has 0 N–H and O–H groups in total. The maximum absolute atomic E-state index is 2.42. The molecule has 0 saturated heterocycles. The third kappa shape index (κ3) is 7.52. The second-order valence-electron chi connectivity index (χ2n) is 19.2. The van der Waals surface area contributed by atoms with E-state index in [9.17, 15) is 0 Å². The molecule has 2 heteroatoms. The Hall–Kier alpha value is -9.76. The first-order valence-corrected chi connectivity index (χ1v) is 25.5. The molecule has 0 bridgehead atoms. The summed E-state index contributed by atoms with van der Waals surface area (Å²) < 4.78 is 2.39. The van der Waals surface area contributed by atoms with Crippen LogP contribution in [0, 0.1) is 0 Å². The topological polar surface area (TPSA) is 8.17 Å². The molecule has 1 heterocycles. The Bertz CT molecular complexity index is 4390.